The van der Waals surface area contributed by atoms with E-state index in [0.29, 0.717) is 6.54 Å². The number of amides is 1. The van der Waals surface area contributed by atoms with Gasteiger partial charge in [-0.2, -0.15) is 0 Å². The third-order valence-electron chi connectivity index (χ3n) is 3.76. The number of hydrogen-bond acceptors (Lipinski definition) is 4. The lowest BCUT2D eigenvalue weighted by Crippen LogP contribution is -2.40. The number of carbonyl (C=O) groups is 1. The molecule has 0 bridgehead atoms. The molecule has 2 rings (SSSR count). The van der Waals surface area contributed by atoms with Crippen LogP contribution in [0.4, 0.5) is 0 Å². The van der Waals surface area contributed by atoms with Crippen molar-refractivity contribution in [2.75, 3.05) is 27.9 Å². The van der Waals surface area contributed by atoms with Crippen LogP contribution in [0.15, 0.2) is 24.3 Å². The molecule has 1 aliphatic carbocycles. The van der Waals surface area contributed by atoms with Gasteiger partial charge in [-0.3, -0.25) is 4.79 Å². The van der Waals surface area contributed by atoms with Crippen molar-refractivity contribution in [3.8, 4) is 5.75 Å². The zero-order valence-electron chi connectivity index (χ0n) is 12.1. The molecule has 1 fully saturated rings. The third-order valence-corrected chi connectivity index (χ3v) is 3.76. The molecular formula is C15H21NO4. The first-order valence-corrected chi connectivity index (χ1v) is 6.65. The number of methoxy groups -OCH3 is 3. The quantitative estimate of drug-likeness (QED) is 0.768. The Labute approximate surface area is 119 Å². The lowest BCUT2D eigenvalue weighted by atomic mass is 9.94. The Morgan fingerprint density at radius 2 is 1.90 bits per heavy atom. The van der Waals surface area contributed by atoms with Crippen LogP contribution in [0.2, 0.25) is 0 Å². The highest BCUT2D eigenvalue weighted by Gasteiger charge is 2.52. The maximum Gasteiger partial charge on any atom is 0.230 e. The minimum atomic E-state index is -0.460. The Morgan fingerprint density at radius 1 is 1.25 bits per heavy atom. The SMILES string of the molecule is COc1ccccc1C1(C(=O)NCC(OC)OC)CC1. The first-order valence-electron chi connectivity index (χ1n) is 6.65. The molecule has 1 aromatic carbocycles. The fourth-order valence-corrected chi connectivity index (χ4v) is 2.39. The van der Waals surface area contributed by atoms with Crippen molar-refractivity contribution < 1.29 is 19.0 Å². The Morgan fingerprint density at radius 3 is 2.45 bits per heavy atom. The van der Waals surface area contributed by atoms with Gasteiger partial charge in [0.15, 0.2) is 6.29 Å². The zero-order valence-corrected chi connectivity index (χ0v) is 12.1. The van der Waals surface area contributed by atoms with Crippen LogP contribution < -0.4 is 10.1 Å². The molecule has 5 nitrogen and oxygen atoms in total. The van der Waals surface area contributed by atoms with Crippen LogP contribution in [0.25, 0.3) is 0 Å². The number of ether oxygens (including phenoxy) is 3. The fraction of sp³-hybridized carbons (Fsp3) is 0.533. The summed E-state index contributed by atoms with van der Waals surface area (Å²) in [7, 11) is 4.72. The van der Waals surface area contributed by atoms with Crippen molar-refractivity contribution in [1.82, 2.24) is 5.32 Å². The molecule has 110 valence electrons. The average molecular weight is 279 g/mol. The first-order chi connectivity index (χ1) is 9.67. The molecule has 0 radical (unpaired) electrons. The summed E-state index contributed by atoms with van der Waals surface area (Å²) in [5.74, 6) is 0.760. The summed E-state index contributed by atoms with van der Waals surface area (Å²) in [5.41, 5.74) is 0.491. The zero-order chi connectivity index (χ0) is 14.6. The van der Waals surface area contributed by atoms with E-state index in [2.05, 4.69) is 5.32 Å². The van der Waals surface area contributed by atoms with Crippen LogP contribution in [0.5, 0.6) is 5.75 Å². The molecule has 1 amide bonds. The third kappa shape index (κ3) is 2.78. The lowest BCUT2D eigenvalue weighted by Gasteiger charge is -2.20. The van der Waals surface area contributed by atoms with Crippen molar-refractivity contribution in [3.63, 3.8) is 0 Å². The van der Waals surface area contributed by atoms with Crippen molar-refractivity contribution in [1.29, 1.82) is 0 Å². The summed E-state index contributed by atoms with van der Waals surface area (Å²) in [6.07, 6.45) is 1.25. The summed E-state index contributed by atoms with van der Waals surface area (Å²) in [4.78, 5) is 12.5. The summed E-state index contributed by atoms with van der Waals surface area (Å²) in [5, 5.41) is 2.89. The van der Waals surface area contributed by atoms with Crippen molar-refractivity contribution in [2.24, 2.45) is 0 Å². The number of para-hydroxylation sites is 1. The first kappa shape index (κ1) is 14.8. The minimum absolute atomic E-state index is 0.00102. The van der Waals surface area contributed by atoms with E-state index >= 15 is 0 Å². The van der Waals surface area contributed by atoms with Gasteiger partial charge in [0, 0.05) is 19.8 Å². The molecule has 0 heterocycles. The van der Waals surface area contributed by atoms with Gasteiger partial charge in [-0.25, -0.2) is 0 Å². The molecule has 1 aliphatic rings. The second kappa shape index (κ2) is 6.24. The normalized spacial score (nSPS) is 16.0. The van der Waals surface area contributed by atoms with Crippen LogP contribution in [0, 0.1) is 0 Å². The Kier molecular flexibility index (Phi) is 4.62. The minimum Gasteiger partial charge on any atom is -0.496 e. The Balaban J connectivity index is 2.09. The van der Waals surface area contributed by atoms with Crippen LogP contribution in [-0.2, 0) is 19.7 Å². The molecule has 0 unspecified atom stereocenters. The van der Waals surface area contributed by atoms with E-state index in [4.69, 9.17) is 14.2 Å². The van der Waals surface area contributed by atoms with Crippen molar-refractivity contribution in [2.45, 2.75) is 24.5 Å². The van der Waals surface area contributed by atoms with Gasteiger partial charge in [-0.05, 0) is 18.9 Å². The van der Waals surface area contributed by atoms with Gasteiger partial charge in [0.25, 0.3) is 0 Å². The Hall–Kier alpha value is -1.59. The number of rotatable bonds is 7. The monoisotopic (exact) mass is 279 g/mol. The predicted octanol–water partition coefficient (Wildman–Crippen LogP) is 1.46. The van der Waals surface area contributed by atoms with Crippen LogP contribution in [0.3, 0.4) is 0 Å². The molecule has 20 heavy (non-hydrogen) atoms. The summed E-state index contributed by atoms with van der Waals surface area (Å²) >= 11 is 0. The topological polar surface area (TPSA) is 56.8 Å². The van der Waals surface area contributed by atoms with E-state index in [1.54, 1.807) is 21.3 Å². The maximum absolute atomic E-state index is 12.5. The van der Waals surface area contributed by atoms with E-state index in [1.807, 2.05) is 24.3 Å². The van der Waals surface area contributed by atoms with Crippen LogP contribution in [0.1, 0.15) is 18.4 Å². The second-order valence-electron chi connectivity index (χ2n) is 4.89. The number of hydrogen-bond donors (Lipinski definition) is 1. The van der Waals surface area contributed by atoms with Crippen LogP contribution in [-0.4, -0.2) is 40.1 Å². The van der Waals surface area contributed by atoms with Crippen LogP contribution >= 0.6 is 0 Å². The summed E-state index contributed by atoms with van der Waals surface area (Å²) < 4.78 is 15.5. The standard InChI is InChI=1S/C15H21NO4/c1-18-12-7-5-4-6-11(12)15(8-9-15)14(17)16-10-13(19-2)20-3/h4-7,13H,8-10H2,1-3H3,(H,16,17). The molecule has 0 aliphatic heterocycles. The maximum atomic E-state index is 12.5. The van der Waals surface area contributed by atoms with Gasteiger partial charge in [0.05, 0.1) is 19.1 Å². The molecule has 0 saturated heterocycles. The number of nitrogens with one attached hydrogen (secondary N) is 1. The van der Waals surface area contributed by atoms with Gasteiger partial charge in [0.2, 0.25) is 5.91 Å². The van der Waals surface area contributed by atoms with Gasteiger partial charge in [-0.1, -0.05) is 18.2 Å². The highest BCUT2D eigenvalue weighted by Crippen LogP contribution is 2.51. The molecular weight excluding hydrogens is 258 g/mol. The fourth-order valence-electron chi connectivity index (χ4n) is 2.39. The molecule has 1 saturated carbocycles. The smallest absolute Gasteiger partial charge is 0.230 e. The molecule has 1 aromatic rings. The highest BCUT2D eigenvalue weighted by atomic mass is 16.7. The predicted molar refractivity (Wildman–Crippen MR) is 74.7 cm³/mol. The van der Waals surface area contributed by atoms with Crippen molar-refractivity contribution >= 4 is 5.91 Å². The summed E-state index contributed by atoms with van der Waals surface area (Å²) in [6.45, 7) is 0.336. The number of benzene rings is 1. The summed E-state index contributed by atoms with van der Waals surface area (Å²) in [6, 6.07) is 7.67. The van der Waals surface area contributed by atoms with Gasteiger partial charge >= 0.3 is 0 Å². The highest BCUT2D eigenvalue weighted by molar-refractivity contribution is 5.92. The molecule has 0 spiro atoms. The molecule has 0 aromatic heterocycles. The second-order valence-corrected chi connectivity index (χ2v) is 4.89. The molecule has 5 heteroatoms. The molecule has 0 atom stereocenters. The lowest BCUT2D eigenvalue weighted by molar-refractivity contribution is -0.129. The number of carbonyl (C=O) groups excluding carboxylic acids is 1. The Bertz CT molecular complexity index is 467. The van der Waals surface area contributed by atoms with Gasteiger partial charge < -0.3 is 19.5 Å². The van der Waals surface area contributed by atoms with Gasteiger partial charge in [0.1, 0.15) is 5.75 Å². The van der Waals surface area contributed by atoms with Gasteiger partial charge in [-0.15, -0.1) is 0 Å². The average Bonchev–Trinajstić information content (AvgIpc) is 3.29. The largest absolute Gasteiger partial charge is 0.496 e. The van der Waals surface area contributed by atoms with Crippen molar-refractivity contribution in [3.05, 3.63) is 29.8 Å². The van der Waals surface area contributed by atoms with E-state index in [-0.39, 0.29) is 5.91 Å². The van der Waals surface area contributed by atoms with E-state index < -0.39 is 11.7 Å². The molecule has 1 N–H and O–H groups in total. The van der Waals surface area contributed by atoms with E-state index in [1.165, 1.54) is 0 Å². The van der Waals surface area contributed by atoms with E-state index in [9.17, 15) is 4.79 Å². The van der Waals surface area contributed by atoms with E-state index in [0.717, 1.165) is 24.2 Å².